The van der Waals surface area contributed by atoms with E-state index in [2.05, 4.69) is 26.2 Å². The van der Waals surface area contributed by atoms with Crippen molar-refractivity contribution >= 4 is 62.1 Å². The summed E-state index contributed by atoms with van der Waals surface area (Å²) >= 11 is 10.8. The Morgan fingerprint density at radius 3 is 2.88 bits per heavy atom. The number of methoxy groups -OCH3 is 1. The van der Waals surface area contributed by atoms with E-state index in [1.165, 1.54) is 11.8 Å². The van der Waals surface area contributed by atoms with Crippen LogP contribution < -0.4 is 10.1 Å². The van der Waals surface area contributed by atoms with Crippen molar-refractivity contribution in [2.75, 3.05) is 7.11 Å². The molecule has 0 aromatic heterocycles. The van der Waals surface area contributed by atoms with Crippen LogP contribution >= 0.6 is 39.3 Å². The zero-order valence-electron chi connectivity index (χ0n) is 13.5. The van der Waals surface area contributed by atoms with E-state index in [1.807, 2.05) is 43.3 Å². The lowest BCUT2D eigenvalue weighted by Crippen LogP contribution is -2.19. The molecular formula is C18H14BrClN2O2S. The van der Waals surface area contributed by atoms with Crippen molar-refractivity contribution in [2.24, 2.45) is 4.99 Å². The van der Waals surface area contributed by atoms with E-state index in [4.69, 9.17) is 16.3 Å². The van der Waals surface area contributed by atoms with E-state index in [1.54, 1.807) is 13.2 Å². The van der Waals surface area contributed by atoms with Gasteiger partial charge in [0.15, 0.2) is 5.17 Å². The Balaban J connectivity index is 1.92. The summed E-state index contributed by atoms with van der Waals surface area (Å²) in [4.78, 5) is 17.3. The fourth-order valence-corrected chi connectivity index (χ4v) is 3.64. The number of nitrogens with one attached hydrogen (secondary N) is 1. The number of hydrogen-bond acceptors (Lipinski definition) is 4. The Labute approximate surface area is 163 Å². The Hall–Kier alpha value is -1.76. The van der Waals surface area contributed by atoms with E-state index < -0.39 is 0 Å². The predicted octanol–water partition coefficient (Wildman–Crippen LogP) is 5.31. The van der Waals surface area contributed by atoms with E-state index in [0.717, 1.165) is 21.3 Å². The highest BCUT2D eigenvalue weighted by atomic mass is 79.9. The maximum absolute atomic E-state index is 12.3. The molecule has 0 aliphatic carbocycles. The summed E-state index contributed by atoms with van der Waals surface area (Å²) in [5, 5.41) is 3.95. The summed E-state index contributed by atoms with van der Waals surface area (Å²) in [5.41, 5.74) is 2.42. The molecule has 0 atom stereocenters. The molecule has 7 heteroatoms. The molecule has 1 aliphatic rings. The van der Waals surface area contributed by atoms with Gasteiger partial charge in [0.05, 0.1) is 17.7 Å². The SMILES string of the molecule is COc1ccc(Br)cc1/C=C1/SC(=Nc2cccc(Cl)c2C)NC1=O. The van der Waals surface area contributed by atoms with E-state index >= 15 is 0 Å². The van der Waals surface area contributed by atoms with Crippen LogP contribution in [-0.2, 0) is 4.79 Å². The molecule has 4 nitrogen and oxygen atoms in total. The first-order valence-electron chi connectivity index (χ1n) is 7.36. The van der Waals surface area contributed by atoms with Crippen molar-refractivity contribution in [1.29, 1.82) is 0 Å². The Bertz CT molecular complexity index is 912. The van der Waals surface area contributed by atoms with Gasteiger partial charge < -0.3 is 10.1 Å². The van der Waals surface area contributed by atoms with Crippen molar-refractivity contribution in [1.82, 2.24) is 5.32 Å². The molecule has 1 amide bonds. The highest BCUT2D eigenvalue weighted by molar-refractivity contribution is 9.10. The number of rotatable bonds is 3. The molecule has 2 aromatic rings. The number of hydrogen-bond donors (Lipinski definition) is 1. The van der Waals surface area contributed by atoms with Crippen molar-refractivity contribution in [2.45, 2.75) is 6.92 Å². The maximum Gasteiger partial charge on any atom is 0.264 e. The number of halogens is 2. The average molecular weight is 438 g/mol. The van der Waals surface area contributed by atoms with Gasteiger partial charge in [-0.15, -0.1) is 0 Å². The van der Waals surface area contributed by atoms with Crippen molar-refractivity contribution in [3.8, 4) is 5.75 Å². The zero-order valence-corrected chi connectivity index (χ0v) is 16.6. The van der Waals surface area contributed by atoms with Crippen LogP contribution in [0.2, 0.25) is 5.02 Å². The number of amidine groups is 1. The first-order chi connectivity index (χ1) is 12.0. The quantitative estimate of drug-likeness (QED) is 0.662. The van der Waals surface area contributed by atoms with E-state index in [-0.39, 0.29) is 5.91 Å². The summed E-state index contributed by atoms with van der Waals surface area (Å²) < 4.78 is 6.26. The fourth-order valence-electron chi connectivity index (χ4n) is 2.27. The second kappa shape index (κ2) is 7.64. The highest BCUT2D eigenvalue weighted by Crippen LogP contribution is 2.33. The summed E-state index contributed by atoms with van der Waals surface area (Å²) in [6.45, 7) is 1.90. The summed E-state index contributed by atoms with van der Waals surface area (Å²) in [6.07, 6.45) is 1.79. The Morgan fingerprint density at radius 2 is 2.12 bits per heavy atom. The normalized spacial score (nSPS) is 17.2. The molecule has 1 aliphatic heterocycles. The summed E-state index contributed by atoms with van der Waals surface area (Å²) in [6, 6.07) is 11.1. The topological polar surface area (TPSA) is 50.7 Å². The van der Waals surface area contributed by atoms with Gasteiger partial charge in [0, 0.05) is 15.1 Å². The highest BCUT2D eigenvalue weighted by Gasteiger charge is 2.24. The second-order valence-corrected chi connectivity index (χ2v) is 7.61. The lowest BCUT2D eigenvalue weighted by molar-refractivity contribution is -0.115. The first kappa shape index (κ1) is 18.0. The summed E-state index contributed by atoms with van der Waals surface area (Å²) in [5.74, 6) is 0.505. The maximum atomic E-state index is 12.3. The van der Waals surface area contributed by atoms with Crippen LogP contribution in [0, 0.1) is 6.92 Å². The predicted molar refractivity (Wildman–Crippen MR) is 108 cm³/mol. The van der Waals surface area contributed by atoms with Gasteiger partial charge in [-0.1, -0.05) is 33.6 Å². The molecule has 1 heterocycles. The number of carbonyl (C=O) groups excluding carboxylic acids is 1. The second-order valence-electron chi connectivity index (χ2n) is 5.25. The third-order valence-corrected chi connectivity index (χ3v) is 5.40. The fraction of sp³-hybridized carbons (Fsp3) is 0.111. The molecule has 0 saturated carbocycles. The number of amides is 1. The van der Waals surface area contributed by atoms with Crippen LogP contribution in [0.15, 0.2) is 50.8 Å². The van der Waals surface area contributed by atoms with Crippen LogP contribution in [0.5, 0.6) is 5.75 Å². The van der Waals surface area contributed by atoms with Gasteiger partial charge in [-0.3, -0.25) is 4.79 Å². The molecule has 0 spiro atoms. The van der Waals surface area contributed by atoms with Gasteiger partial charge >= 0.3 is 0 Å². The molecule has 128 valence electrons. The van der Waals surface area contributed by atoms with Crippen molar-refractivity contribution in [3.63, 3.8) is 0 Å². The lowest BCUT2D eigenvalue weighted by atomic mass is 10.2. The largest absolute Gasteiger partial charge is 0.496 e. The monoisotopic (exact) mass is 436 g/mol. The molecular weight excluding hydrogens is 424 g/mol. The molecule has 1 fully saturated rings. The third kappa shape index (κ3) is 4.08. The molecule has 0 radical (unpaired) electrons. The number of ether oxygens (including phenoxy) is 1. The Kier molecular flexibility index (Phi) is 5.51. The third-order valence-electron chi connectivity index (χ3n) is 3.59. The van der Waals surface area contributed by atoms with Gasteiger partial charge in [-0.2, -0.15) is 0 Å². The summed E-state index contributed by atoms with van der Waals surface area (Å²) in [7, 11) is 1.60. The van der Waals surface area contributed by atoms with Crippen LogP contribution in [0.25, 0.3) is 6.08 Å². The van der Waals surface area contributed by atoms with Crippen LogP contribution in [-0.4, -0.2) is 18.2 Å². The Morgan fingerprint density at radius 1 is 1.32 bits per heavy atom. The minimum absolute atomic E-state index is 0.189. The van der Waals surface area contributed by atoms with Crippen LogP contribution in [0.3, 0.4) is 0 Å². The van der Waals surface area contributed by atoms with E-state index in [9.17, 15) is 4.79 Å². The van der Waals surface area contributed by atoms with E-state index in [0.29, 0.717) is 20.8 Å². The molecule has 2 aromatic carbocycles. The van der Waals surface area contributed by atoms with Gasteiger partial charge in [0.1, 0.15) is 5.75 Å². The number of carbonyl (C=O) groups is 1. The molecule has 1 saturated heterocycles. The molecule has 3 rings (SSSR count). The van der Waals surface area contributed by atoms with Crippen molar-refractivity contribution in [3.05, 3.63) is 61.9 Å². The van der Waals surface area contributed by atoms with Crippen LogP contribution in [0.4, 0.5) is 5.69 Å². The molecule has 25 heavy (non-hydrogen) atoms. The average Bonchev–Trinajstić information content (AvgIpc) is 2.91. The molecule has 0 unspecified atom stereocenters. The number of benzene rings is 2. The van der Waals surface area contributed by atoms with Crippen molar-refractivity contribution < 1.29 is 9.53 Å². The standard InChI is InChI=1S/C18H14BrClN2O2S/c1-10-13(20)4-3-5-14(10)21-18-22-17(23)16(25-18)9-11-8-12(19)6-7-15(11)24-2/h3-9H,1-2H3,(H,21,22,23)/b16-9+. The first-order valence-corrected chi connectivity index (χ1v) is 9.35. The van der Waals surface area contributed by atoms with Gasteiger partial charge in [0.2, 0.25) is 0 Å². The number of aliphatic imine (C=N–C) groups is 1. The molecule has 0 bridgehead atoms. The smallest absolute Gasteiger partial charge is 0.264 e. The minimum atomic E-state index is -0.189. The minimum Gasteiger partial charge on any atom is -0.496 e. The lowest BCUT2D eigenvalue weighted by Gasteiger charge is -2.05. The van der Waals surface area contributed by atoms with Gasteiger partial charge in [0.25, 0.3) is 5.91 Å². The number of nitrogens with zero attached hydrogens (tertiary/aromatic N) is 1. The number of thioether (sulfide) groups is 1. The van der Waals surface area contributed by atoms with Gasteiger partial charge in [-0.25, -0.2) is 4.99 Å². The van der Waals surface area contributed by atoms with Crippen LogP contribution in [0.1, 0.15) is 11.1 Å². The molecule has 1 N–H and O–H groups in total. The van der Waals surface area contributed by atoms with Gasteiger partial charge in [-0.05, 0) is 60.7 Å². The zero-order chi connectivity index (χ0) is 18.0.